The number of nitrogens with two attached hydrogens (primary N) is 1. The molecular formula is C29H39ClN4O3. The summed E-state index contributed by atoms with van der Waals surface area (Å²) in [5.74, 6) is -0.587. The molecule has 7 nitrogen and oxygen atoms in total. The molecule has 0 aromatic heterocycles. The van der Waals surface area contributed by atoms with Crippen LogP contribution in [0.15, 0.2) is 60.7 Å². The zero-order valence-corrected chi connectivity index (χ0v) is 22.3. The van der Waals surface area contributed by atoms with Gasteiger partial charge in [-0.2, -0.15) is 0 Å². The molecule has 1 heterocycles. The zero-order valence-electron chi connectivity index (χ0n) is 21.5. The van der Waals surface area contributed by atoms with Crippen LogP contribution in [0.2, 0.25) is 0 Å². The molecule has 3 atom stereocenters. The number of carbonyl (C=O) groups is 3. The largest absolute Gasteiger partial charge is 0.343 e. The van der Waals surface area contributed by atoms with E-state index in [-0.39, 0.29) is 42.1 Å². The van der Waals surface area contributed by atoms with E-state index in [1.54, 1.807) is 11.8 Å². The molecule has 1 saturated heterocycles. The topological polar surface area (TPSA) is 105 Å². The first-order valence-corrected chi connectivity index (χ1v) is 13.2. The maximum Gasteiger partial charge on any atom is 0.246 e. The highest BCUT2D eigenvalue weighted by Crippen LogP contribution is 2.30. The first-order valence-electron chi connectivity index (χ1n) is 13.2. The van der Waals surface area contributed by atoms with Crippen LogP contribution in [0.5, 0.6) is 0 Å². The minimum atomic E-state index is -0.695. The molecule has 1 aliphatic heterocycles. The van der Waals surface area contributed by atoms with Gasteiger partial charge in [-0.25, -0.2) is 0 Å². The number of nitrogens with one attached hydrogen (secondary N) is 2. The minimum absolute atomic E-state index is 0. The summed E-state index contributed by atoms with van der Waals surface area (Å²) >= 11 is 0. The number of halogens is 1. The van der Waals surface area contributed by atoms with Crippen LogP contribution in [0.4, 0.5) is 0 Å². The molecule has 4 N–H and O–H groups in total. The third kappa shape index (κ3) is 7.11. The Morgan fingerprint density at radius 1 is 0.838 bits per heavy atom. The average Bonchev–Trinajstić information content (AvgIpc) is 3.41. The predicted molar refractivity (Wildman–Crippen MR) is 147 cm³/mol. The number of amides is 3. The van der Waals surface area contributed by atoms with E-state index >= 15 is 0 Å². The van der Waals surface area contributed by atoms with Crippen LogP contribution in [-0.4, -0.2) is 47.3 Å². The van der Waals surface area contributed by atoms with Crippen LogP contribution in [0, 0.1) is 5.92 Å². The first-order chi connectivity index (χ1) is 17.5. The van der Waals surface area contributed by atoms with Crippen molar-refractivity contribution in [3.05, 3.63) is 71.8 Å². The van der Waals surface area contributed by atoms with E-state index in [1.165, 1.54) is 0 Å². The van der Waals surface area contributed by atoms with E-state index < -0.39 is 18.1 Å². The lowest BCUT2D eigenvalue weighted by Crippen LogP contribution is -2.58. The fourth-order valence-electron chi connectivity index (χ4n) is 5.50. The minimum Gasteiger partial charge on any atom is -0.343 e. The molecule has 1 aliphatic carbocycles. The van der Waals surface area contributed by atoms with Crippen molar-refractivity contribution in [3.8, 4) is 0 Å². The lowest BCUT2D eigenvalue weighted by Gasteiger charge is -2.35. The smallest absolute Gasteiger partial charge is 0.246 e. The van der Waals surface area contributed by atoms with Gasteiger partial charge in [0.05, 0.1) is 12.1 Å². The summed E-state index contributed by atoms with van der Waals surface area (Å²) in [5.41, 5.74) is 7.77. The number of likely N-dealkylation sites (tertiary alicyclic amines) is 1. The summed E-state index contributed by atoms with van der Waals surface area (Å²) in [4.78, 5) is 41.7. The molecule has 2 aliphatic rings. The number of hydrogen-bond acceptors (Lipinski definition) is 4. The van der Waals surface area contributed by atoms with Crippen molar-refractivity contribution in [3.63, 3.8) is 0 Å². The summed E-state index contributed by atoms with van der Waals surface area (Å²) in [6.45, 7) is 2.13. The summed E-state index contributed by atoms with van der Waals surface area (Å²) in [7, 11) is 0. The van der Waals surface area contributed by atoms with Gasteiger partial charge in [0.1, 0.15) is 12.1 Å². The Balaban J connectivity index is 0.00000380. The van der Waals surface area contributed by atoms with Crippen LogP contribution in [0.25, 0.3) is 0 Å². The maximum atomic E-state index is 13.8. The van der Waals surface area contributed by atoms with Gasteiger partial charge in [0.15, 0.2) is 0 Å². The molecule has 4 rings (SSSR count). The molecule has 2 aromatic carbocycles. The van der Waals surface area contributed by atoms with Crippen LogP contribution < -0.4 is 16.4 Å². The summed E-state index contributed by atoms with van der Waals surface area (Å²) in [6, 6.07) is 17.5. The van der Waals surface area contributed by atoms with Crippen molar-refractivity contribution in [1.82, 2.24) is 15.5 Å². The third-order valence-electron chi connectivity index (χ3n) is 7.49. The SMILES string of the molecule is C[C@H](N)C(=O)N[C@H](C(=O)N1CCC[C@H]1C(=O)NC(c1ccccc1)c1ccccc1)C1CCCCC1.Cl. The summed E-state index contributed by atoms with van der Waals surface area (Å²) in [6.07, 6.45) is 6.38. The highest BCUT2D eigenvalue weighted by atomic mass is 35.5. The highest BCUT2D eigenvalue weighted by molar-refractivity contribution is 5.93. The molecule has 0 bridgehead atoms. The molecule has 2 aromatic rings. The lowest BCUT2D eigenvalue weighted by atomic mass is 9.83. The van der Waals surface area contributed by atoms with Crippen molar-refractivity contribution in [1.29, 1.82) is 0 Å². The van der Waals surface area contributed by atoms with E-state index in [4.69, 9.17) is 5.73 Å². The number of carbonyl (C=O) groups excluding carboxylic acids is 3. The average molecular weight is 527 g/mol. The van der Waals surface area contributed by atoms with Crippen LogP contribution in [-0.2, 0) is 14.4 Å². The molecule has 1 saturated carbocycles. The van der Waals surface area contributed by atoms with Crippen LogP contribution in [0.1, 0.15) is 69.0 Å². The maximum absolute atomic E-state index is 13.8. The highest BCUT2D eigenvalue weighted by Gasteiger charge is 2.41. The number of benzene rings is 2. The Kier molecular flexibility index (Phi) is 10.5. The van der Waals surface area contributed by atoms with Gasteiger partial charge in [-0.05, 0) is 49.7 Å². The fraction of sp³-hybridized carbons (Fsp3) is 0.483. The van der Waals surface area contributed by atoms with Crippen LogP contribution >= 0.6 is 12.4 Å². The van der Waals surface area contributed by atoms with E-state index in [1.807, 2.05) is 60.7 Å². The van der Waals surface area contributed by atoms with E-state index in [2.05, 4.69) is 10.6 Å². The number of nitrogens with zero attached hydrogens (tertiary/aromatic N) is 1. The molecule has 0 unspecified atom stereocenters. The van der Waals surface area contributed by atoms with Gasteiger partial charge in [0, 0.05) is 6.54 Å². The van der Waals surface area contributed by atoms with Crippen molar-refractivity contribution >= 4 is 30.1 Å². The number of rotatable bonds is 8. The Morgan fingerprint density at radius 2 is 1.41 bits per heavy atom. The van der Waals surface area contributed by atoms with Crippen molar-refractivity contribution in [2.45, 2.75) is 76.0 Å². The van der Waals surface area contributed by atoms with Gasteiger partial charge in [-0.3, -0.25) is 14.4 Å². The summed E-state index contributed by atoms with van der Waals surface area (Å²) < 4.78 is 0. The van der Waals surface area contributed by atoms with E-state index in [0.717, 1.165) is 49.7 Å². The quantitative estimate of drug-likeness (QED) is 0.487. The Hall–Kier alpha value is -2.90. The van der Waals surface area contributed by atoms with Gasteiger partial charge in [0.25, 0.3) is 0 Å². The van der Waals surface area contributed by atoms with Gasteiger partial charge >= 0.3 is 0 Å². The standard InChI is InChI=1S/C29H38N4O3.ClH/c1-20(30)27(34)32-26(23-16-9-4-10-17-23)29(36)33-19-11-18-24(33)28(35)31-25(21-12-5-2-6-13-21)22-14-7-3-8-15-22;/h2-3,5-8,12-15,20,23-26H,4,9-11,16-19,30H2,1H3,(H,31,35)(H,32,34);1H/t20-,24-,26-;/m0./s1. The van der Waals surface area contributed by atoms with Crippen molar-refractivity contribution in [2.75, 3.05) is 6.54 Å². The molecule has 37 heavy (non-hydrogen) atoms. The fourth-order valence-corrected chi connectivity index (χ4v) is 5.50. The van der Waals surface area contributed by atoms with Crippen LogP contribution in [0.3, 0.4) is 0 Å². The van der Waals surface area contributed by atoms with Crippen molar-refractivity contribution in [2.24, 2.45) is 11.7 Å². The number of hydrogen-bond donors (Lipinski definition) is 3. The monoisotopic (exact) mass is 526 g/mol. The van der Waals surface area contributed by atoms with Gasteiger partial charge in [0.2, 0.25) is 17.7 Å². The zero-order chi connectivity index (χ0) is 25.5. The molecule has 200 valence electrons. The molecule has 0 radical (unpaired) electrons. The van der Waals surface area contributed by atoms with Gasteiger partial charge in [-0.15, -0.1) is 12.4 Å². The Bertz CT molecular complexity index is 988. The van der Waals surface area contributed by atoms with E-state index in [9.17, 15) is 14.4 Å². The predicted octanol–water partition coefficient (Wildman–Crippen LogP) is 3.72. The van der Waals surface area contributed by atoms with Gasteiger partial charge < -0.3 is 21.3 Å². The van der Waals surface area contributed by atoms with E-state index in [0.29, 0.717) is 13.0 Å². The van der Waals surface area contributed by atoms with Crippen molar-refractivity contribution < 1.29 is 14.4 Å². The Morgan fingerprint density at radius 3 is 1.95 bits per heavy atom. The summed E-state index contributed by atoms with van der Waals surface area (Å²) in [5, 5.41) is 6.14. The Labute approximate surface area is 226 Å². The molecule has 3 amide bonds. The first kappa shape index (κ1) is 28.7. The van der Waals surface area contributed by atoms with Gasteiger partial charge in [-0.1, -0.05) is 79.9 Å². The second-order valence-corrected chi connectivity index (χ2v) is 10.1. The second kappa shape index (κ2) is 13.6. The molecule has 8 heteroatoms. The molecular weight excluding hydrogens is 488 g/mol. The normalized spacial score (nSPS) is 19.5. The third-order valence-corrected chi connectivity index (χ3v) is 7.49. The second-order valence-electron chi connectivity index (χ2n) is 10.1. The molecule has 0 spiro atoms. The molecule has 2 fully saturated rings. The lowest BCUT2D eigenvalue weighted by molar-refractivity contribution is -0.143.